The zero-order valence-corrected chi connectivity index (χ0v) is 17.6. The van der Waals surface area contributed by atoms with Crippen LogP contribution in [-0.4, -0.2) is 36.8 Å². The van der Waals surface area contributed by atoms with Crippen molar-refractivity contribution in [2.45, 2.75) is 44.8 Å². The lowest BCUT2D eigenvalue weighted by Crippen LogP contribution is -2.22. The molecule has 32 heavy (non-hydrogen) atoms. The number of carbonyl (C=O) groups excluding carboxylic acids is 1. The lowest BCUT2D eigenvalue weighted by molar-refractivity contribution is 0.0995. The number of hydrogen-bond donors (Lipinski definition) is 2. The molecule has 2 aliphatic heterocycles. The Bertz CT molecular complexity index is 1200. The Morgan fingerprint density at radius 2 is 2.12 bits per heavy atom. The molecule has 3 aliphatic rings. The van der Waals surface area contributed by atoms with Crippen molar-refractivity contribution >= 4 is 5.91 Å². The molecule has 3 aromatic rings. The Labute approximate surface area is 184 Å². The number of primary amides is 1. The molecule has 8 nitrogen and oxygen atoms in total. The van der Waals surface area contributed by atoms with E-state index in [-0.39, 0.29) is 23.2 Å². The van der Waals surface area contributed by atoms with Crippen LogP contribution in [0.3, 0.4) is 0 Å². The molecule has 1 saturated carbocycles. The number of carbonyl (C=O) groups is 1. The van der Waals surface area contributed by atoms with Crippen LogP contribution in [-0.2, 0) is 0 Å². The maximum absolute atomic E-state index is 14.4. The minimum Gasteiger partial charge on any atom is -0.381 e. The maximum atomic E-state index is 14.4. The van der Waals surface area contributed by atoms with Crippen molar-refractivity contribution in [3.63, 3.8) is 0 Å². The summed E-state index contributed by atoms with van der Waals surface area (Å²) in [7, 11) is 0. The van der Waals surface area contributed by atoms with Crippen LogP contribution in [0.5, 0.6) is 0 Å². The van der Waals surface area contributed by atoms with Crippen LogP contribution in [0.4, 0.5) is 4.39 Å². The lowest BCUT2D eigenvalue weighted by atomic mass is 9.75. The van der Waals surface area contributed by atoms with E-state index in [9.17, 15) is 14.3 Å². The van der Waals surface area contributed by atoms with Crippen LogP contribution in [0.15, 0.2) is 29.2 Å². The van der Waals surface area contributed by atoms with Crippen molar-refractivity contribution in [2.75, 3.05) is 0 Å². The zero-order chi connectivity index (χ0) is 23.4. The van der Waals surface area contributed by atoms with Crippen LogP contribution in [0.1, 0.15) is 59.2 Å². The van der Waals surface area contributed by atoms with E-state index in [1.807, 2.05) is 4.57 Å². The van der Waals surface area contributed by atoms with Gasteiger partial charge in [-0.3, -0.25) is 4.79 Å². The van der Waals surface area contributed by atoms with E-state index in [1.54, 1.807) is 19.2 Å². The topological polar surface area (TPSA) is 120 Å². The minimum atomic E-state index is -0.834. The molecular formula is C23H22FN5O3. The van der Waals surface area contributed by atoms with Gasteiger partial charge in [0.25, 0.3) is 5.91 Å². The molecule has 0 unspecified atom stereocenters. The van der Waals surface area contributed by atoms with Crippen molar-refractivity contribution in [3.8, 4) is 36.1 Å². The summed E-state index contributed by atoms with van der Waals surface area (Å²) in [6.45, 7) is 3.27. The SMILES string of the molecule is C#C.C[C@@H](O)C#Cc1cc2c(cc1F)C1CC(C1)n1cc(C(N)=O)nc1-2.Cc1ncno1. The molecule has 1 amide bonds. The van der Waals surface area contributed by atoms with Crippen molar-refractivity contribution in [2.24, 2.45) is 5.73 Å². The number of halogens is 1. The third-order valence-electron chi connectivity index (χ3n) is 5.20. The summed E-state index contributed by atoms with van der Waals surface area (Å²) in [5, 5.41) is 12.6. The second kappa shape index (κ2) is 9.46. The third-order valence-corrected chi connectivity index (χ3v) is 5.20. The number of aliphatic hydroxyl groups is 1. The van der Waals surface area contributed by atoms with Crippen molar-refractivity contribution < 1.29 is 18.8 Å². The van der Waals surface area contributed by atoms with Crippen LogP contribution in [0.2, 0.25) is 0 Å². The average molecular weight is 435 g/mol. The van der Waals surface area contributed by atoms with Crippen molar-refractivity contribution in [3.05, 3.63) is 53.2 Å². The molecule has 1 aliphatic carbocycles. The van der Waals surface area contributed by atoms with E-state index in [1.165, 1.54) is 19.3 Å². The van der Waals surface area contributed by atoms with Gasteiger partial charge in [0.2, 0.25) is 5.89 Å². The first kappa shape index (κ1) is 22.7. The Kier molecular flexibility index (Phi) is 6.72. The minimum absolute atomic E-state index is 0.210. The number of aliphatic hydroxyl groups excluding tert-OH is 1. The summed E-state index contributed by atoms with van der Waals surface area (Å²) >= 11 is 0. The van der Waals surface area contributed by atoms with E-state index in [2.05, 4.69) is 44.3 Å². The molecule has 9 heteroatoms. The monoisotopic (exact) mass is 435 g/mol. The first-order valence-electron chi connectivity index (χ1n) is 9.82. The summed E-state index contributed by atoms with van der Waals surface area (Å²) in [5.41, 5.74) is 7.45. The van der Waals surface area contributed by atoms with Crippen LogP contribution >= 0.6 is 0 Å². The van der Waals surface area contributed by atoms with Crippen LogP contribution in [0, 0.1) is 37.4 Å². The van der Waals surface area contributed by atoms with Gasteiger partial charge in [-0.1, -0.05) is 17.0 Å². The number of aryl methyl sites for hydroxylation is 1. The molecule has 1 atom stereocenters. The highest BCUT2D eigenvalue weighted by molar-refractivity contribution is 5.91. The molecule has 4 heterocycles. The Morgan fingerprint density at radius 1 is 1.41 bits per heavy atom. The molecule has 164 valence electrons. The van der Waals surface area contributed by atoms with Gasteiger partial charge < -0.3 is 19.9 Å². The molecule has 1 aromatic carbocycles. The van der Waals surface area contributed by atoms with Crippen LogP contribution < -0.4 is 5.73 Å². The number of nitrogens with two attached hydrogens (primary N) is 1. The van der Waals surface area contributed by atoms with Crippen LogP contribution in [0.25, 0.3) is 11.4 Å². The van der Waals surface area contributed by atoms with Gasteiger partial charge in [0.15, 0.2) is 6.33 Å². The molecule has 0 spiro atoms. The first-order chi connectivity index (χ1) is 15.3. The van der Waals surface area contributed by atoms with Gasteiger partial charge in [0.1, 0.15) is 23.4 Å². The Balaban J connectivity index is 0.000000309. The Morgan fingerprint density at radius 3 is 2.66 bits per heavy atom. The number of amides is 1. The number of benzene rings is 1. The number of imidazole rings is 1. The summed E-state index contributed by atoms with van der Waals surface area (Å²) in [4.78, 5) is 19.5. The van der Waals surface area contributed by atoms with Gasteiger partial charge in [0.05, 0.1) is 5.56 Å². The number of nitrogens with zero attached hydrogens (tertiary/aromatic N) is 4. The van der Waals surface area contributed by atoms with Crippen molar-refractivity contribution in [1.29, 1.82) is 0 Å². The van der Waals surface area contributed by atoms with E-state index in [4.69, 9.17) is 5.73 Å². The lowest BCUT2D eigenvalue weighted by Gasteiger charge is -2.34. The number of aromatic nitrogens is 4. The maximum Gasteiger partial charge on any atom is 0.268 e. The fourth-order valence-electron chi connectivity index (χ4n) is 3.69. The largest absolute Gasteiger partial charge is 0.381 e. The Hall–Kier alpha value is -3.95. The smallest absolute Gasteiger partial charge is 0.268 e. The van der Waals surface area contributed by atoms with E-state index >= 15 is 0 Å². The standard InChI is InChI=1S/C18H16FN3O2.C3H4N2O.C2H2/c1-9(23)2-3-10-6-14-13(7-15(10)19)11-4-12(5-11)22-8-16(17(20)24)21-18(14)22;1-3-4-2-5-6-3;1-2/h6-9,11-12,23H,4-5H2,1H3,(H2,20,24);2H,1H3;1-2H/t9-,11?,12?;;/m1../s1. The molecule has 3 N–H and O–H groups in total. The highest BCUT2D eigenvalue weighted by Crippen LogP contribution is 2.52. The molecule has 0 radical (unpaired) electrons. The molecular weight excluding hydrogens is 413 g/mol. The highest BCUT2D eigenvalue weighted by Gasteiger charge is 2.39. The fraction of sp³-hybridized carbons (Fsp3) is 0.304. The van der Waals surface area contributed by atoms with E-state index < -0.39 is 17.8 Å². The summed E-state index contributed by atoms with van der Waals surface area (Å²) in [5.74, 6) is 5.77. The zero-order valence-electron chi connectivity index (χ0n) is 17.6. The van der Waals surface area contributed by atoms with Crippen molar-refractivity contribution in [1.82, 2.24) is 19.7 Å². The molecule has 0 saturated heterocycles. The fourth-order valence-corrected chi connectivity index (χ4v) is 3.69. The highest BCUT2D eigenvalue weighted by atomic mass is 19.1. The van der Waals surface area contributed by atoms with E-state index in [0.717, 1.165) is 24.0 Å². The third kappa shape index (κ3) is 4.53. The predicted octanol–water partition coefficient (Wildman–Crippen LogP) is 2.58. The van der Waals surface area contributed by atoms with E-state index in [0.29, 0.717) is 11.7 Å². The predicted molar refractivity (Wildman–Crippen MR) is 115 cm³/mol. The van der Waals surface area contributed by atoms with Gasteiger partial charge >= 0.3 is 0 Å². The van der Waals surface area contributed by atoms with Gasteiger partial charge in [-0.2, -0.15) is 4.98 Å². The number of rotatable bonds is 1. The number of hydrogen-bond acceptors (Lipinski definition) is 6. The van der Waals surface area contributed by atoms with Gasteiger partial charge in [-0.25, -0.2) is 9.37 Å². The van der Waals surface area contributed by atoms with Gasteiger partial charge in [0, 0.05) is 24.7 Å². The second-order valence-electron chi connectivity index (χ2n) is 7.37. The van der Waals surface area contributed by atoms with Gasteiger partial charge in [-0.15, -0.1) is 12.8 Å². The summed E-state index contributed by atoms with van der Waals surface area (Å²) < 4.78 is 20.8. The number of terminal acetylenes is 1. The second-order valence-corrected chi connectivity index (χ2v) is 7.37. The molecule has 1 fully saturated rings. The normalized spacial score (nSPS) is 17.8. The summed E-state index contributed by atoms with van der Waals surface area (Å²) in [6, 6.07) is 3.43. The van der Waals surface area contributed by atoms with Gasteiger partial charge in [-0.05, 0) is 43.4 Å². The molecule has 2 bridgehead atoms. The quantitative estimate of drug-likeness (QED) is 0.567. The first-order valence-corrected chi connectivity index (χ1v) is 9.82. The molecule has 2 aromatic heterocycles. The average Bonchev–Trinajstić information content (AvgIpc) is 3.34. The molecule has 6 rings (SSSR count). The summed E-state index contributed by atoms with van der Waals surface area (Å²) in [6.07, 6.45) is 12.0.